The molecule has 0 saturated carbocycles. The van der Waals surface area contributed by atoms with Gasteiger partial charge in [0.25, 0.3) is 0 Å². The highest BCUT2D eigenvalue weighted by molar-refractivity contribution is 6.04. The molecule has 22 heavy (non-hydrogen) atoms. The van der Waals surface area contributed by atoms with Gasteiger partial charge in [0, 0.05) is 38.2 Å². The Morgan fingerprint density at radius 1 is 1.27 bits per heavy atom. The Kier molecular flexibility index (Phi) is 3.99. The number of imide groups is 1. The summed E-state index contributed by atoms with van der Waals surface area (Å²) in [6, 6.07) is 0. The molecule has 2 saturated heterocycles. The normalized spacial score (nSPS) is 21.5. The summed E-state index contributed by atoms with van der Waals surface area (Å²) < 4.78 is 5.65. The molecule has 1 aromatic rings. The maximum Gasteiger partial charge on any atom is 0.242 e. The van der Waals surface area contributed by atoms with Crippen LogP contribution in [0.5, 0.6) is 5.88 Å². The van der Waals surface area contributed by atoms with Crippen molar-refractivity contribution in [3.05, 3.63) is 18.6 Å². The molecule has 1 unspecified atom stereocenters. The third kappa shape index (κ3) is 3.05. The molecule has 2 aliphatic rings. The highest BCUT2D eigenvalue weighted by Gasteiger charge is 2.34. The van der Waals surface area contributed by atoms with Crippen LogP contribution in [0.2, 0.25) is 0 Å². The summed E-state index contributed by atoms with van der Waals surface area (Å²) in [5, 5.41) is 0. The molecule has 3 rings (SSSR count). The first-order valence-electron chi connectivity index (χ1n) is 7.17. The number of carbonyl (C=O) groups excluding carboxylic acids is 3. The number of aromatic nitrogens is 2. The lowest BCUT2D eigenvalue weighted by molar-refractivity contribution is -0.145. The minimum Gasteiger partial charge on any atom is -0.471 e. The monoisotopic (exact) mass is 304 g/mol. The van der Waals surface area contributed by atoms with E-state index in [1.165, 1.54) is 12.4 Å². The van der Waals surface area contributed by atoms with Gasteiger partial charge in [0.05, 0.1) is 12.7 Å². The number of hydrogen-bond donors (Lipinski definition) is 0. The van der Waals surface area contributed by atoms with Crippen molar-refractivity contribution >= 4 is 17.7 Å². The van der Waals surface area contributed by atoms with Crippen LogP contribution >= 0.6 is 0 Å². The Labute approximate surface area is 127 Å². The summed E-state index contributed by atoms with van der Waals surface area (Å²) in [7, 11) is 0. The molecule has 0 aromatic carbocycles. The molecular formula is C14H16N4O4. The van der Waals surface area contributed by atoms with E-state index < -0.39 is 0 Å². The Bertz CT molecular complexity index is 576. The van der Waals surface area contributed by atoms with E-state index in [2.05, 4.69) is 9.97 Å². The van der Waals surface area contributed by atoms with Crippen LogP contribution in [-0.4, -0.2) is 63.2 Å². The number of rotatable bonds is 4. The first-order valence-corrected chi connectivity index (χ1v) is 7.17. The van der Waals surface area contributed by atoms with Crippen LogP contribution in [0.25, 0.3) is 0 Å². The SMILES string of the molecule is O=C(CN1C(=O)CCC1=O)N1CCC(Oc2cnccn2)C1. The lowest BCUT2D eigenvalue weighted by atomic mass is 10.3. The van der Waals surface area contributed by atoms with Crippen LogP contribution in [0.4, 0.5) is 0 Å². The van der Waals surface area contributed by atoms with Crippen molar-refractivity contribution in [1.29, 1.82) is 0 Å². The fourth-order valence-electron chi connectivity index (χ4n) is 2.60. The number of ether oxygens (including phenoxy) is 1. The minimum absolute atomic E-state index is 0.148. The topological polar surface area (TPSA) is 92.7 Å². The Morgan fingerprint density at radius 2 is 2.05 bits per heavy atom. The van der Waals surface area contributed by atoms with Crippen molar-refractivity contribution in [2.24, 2.45) is 0 Å². The smallest absolute Gasteiger partial charge is 0.242 e. The van der Waals surface area contributed by atoms with E-state index in [4.69, 9.17) is 4.74 Å². The van der Waals surface area contributed by atoms with Crippen molar-refractivity contribution in [3.63, 3.8) is 0 Å². The maximum atomic E-state index is 12.2. The van der Waals surface area contributed by atoms with Crippen LogP contribution < -0.4 is 4.74 Å². The Hall–Kier alpha value is -2.51. The number of carbonyl (C=O) groups is 3. The molecule has 1 atom stereocenters. The van der Waals surface area contributed by atoms with Crippen LogP contribution in [0.1, 0.15) is 19.3 Å². The summed E-state index contributed by atoms with van der Waals surface area (Å²) in [6.45, 7) is 0.793. The second-order valence-electron chi connectivity index (χ2n) is 5.29. The van der Waals surface area contributed by atoms with E-state index in [9.17, 15) is 14.4 Å². The van der Waals surface area contributed by atoms with Gasteiger partial charge in [-0.25, -0.2) is 4.98 Å². The molecule has 0 N–H and O–H groups in total. The average molecular weight is 304 g/mol. The van der Waals surface area contributed by atoms with Crippen molar-refractivity contribution in [2.45, 2.75) is 25.4 Å². The van der Waals surface area contributed by atoms with Crippen LogP contribution in [0.3, 0.4) is 0 Å². The molecule has 2 fully saturated rings. The molecule has 8 nitrogen and oxygen atoms in total. The number of amides is 3. The predicted octanol–water partition coefficient (Wildman–Crippen LogP) is -0.395. The van der Waals surface area contributed by atoms with E-state index >= 15 is 0 Å². The lowest BCUT2D eigenvalue weighted by Gasteiger charge is -2.20. The van der Waals surface area contributed by atoms with E-state index in [1.54, 1.807) is 11.1 Å². The van der Waals surface area contributed by atoms with Crippen molar-refractivity contribution in [3.8, 4) is 5.88 Å². The first kappa shape index (κ1) is 14.4. The van der Waals surface area contributed by atoms with E-state index in [1.807, 2.05) is 0 Å². The van der Waals surface area contributed by atoms with E-state index in [0.717, 1.165) is 4.90 Å². The second-order valence-corrected chi connectivity index (χ2v) is 5.29. The van der Waals surface area contributed by atoms with Gasteiger partial charge in [-0.2, -0.15) is 0 Å². The van der Waals surface area contributed by atoms with Crippen molar-refractivity contribution in [2.75, 3.05) is 19.6 Å². The summed E-state index contributed by atoms with van der Waals surface area (Å²) in [6.07, 6.45) is 5.55. The Balaban J connectivity index is 1.53. The molecule has 0 aliphatic carbocycles. The van der Waals surface area contributed by atoms with Gasteiger partial charge in [0.15, 0.2) is 0 Å². The zero-order chi connectivity index (χ0) is 15.5. The fraction of sp³-hybridized carbons (Fsp3) is 0.500. The fourth-order valence-corrected chi connectivity index (χ4v) is 2.60. The minimum atomic E-state index is -0.273. The highest BCUT2D eigenvalue weighted by Crippen LogP contribution is 2.17. The largest absolute Gasteiger partial charge is 0.471 e. The van der Waals surface area contributed by atoms with Crippen LogP contribution in [-0.2, 0) is 14.4 Å². The van der Waals surface area contributed by atoms with Gasteiger partial charge in [-0.1, -0.05) is 0 Å². The number of likely N-dealkylation sites (tertiary alicyclic amines) is 2. The van der Waals surface area contributed by atoms with Gasteiger partial charge in [0.1, 0.15) is 12.6 Å². The molecule has 3 heterocycles. The number of nitrogens with zero attached hydrogens (tertiary/aromatic N) is 4. The summed E-state index contributed by atoms with van der Waals surface area (Å²) in [5.41, 5.74) is 0. The molecule has 3 amide bonds. The molecule has 116 valence electrons. The van der Waals surface area contributed by atoms with Gasteiger partial charge in [-0.05, 0) is 0 Å². The van der Waals surface area contributed by atoms with Gasteiger partial charge in [0.2, 0.25) is 23.6 Å². The molecule has 1 aromatic heterocycles. The lowest BCUT2D eigenvalue weighted by Crippen LogP contribution is -2.42. The third-order valence-electron chi connectivity index (χ3n) is 3.77. The average Bonchev–Trinajstić information content (AvgIpc) is 3.10. The van der Waals surface area contributed by atoms with Crippen LogP contribution in [0, 0.1) is 0 Å². The van der Waals surface area contributed by atoms with Crippen LogP contribution in [0.15, 0.2) is 18.6 Å². The van der Waals surface area contributed by atoms with Crippen molar-refractivity contribution in [1.82, 2.24) is 19.8 Å². The second kappa shape index (κ2) is 6.08. The van der Waals surface area contributed by atoms with Gasteiger partial charge < -0.3 is 9.64 Å². The highest BCUT2D eigenvalue weighted by atomic mass is 16.5. The molecule has 0 radical (unpaired) electrons. The van der Waals surface area contributed by atoms with E-state index in [-0.39, 0.29) is 43.2 Å². The zero-order valence-electron chi connectivity index (χ0n) is 12.0. The first-order chi connectivity index (χ1) is 10.6. The quantitative estimate of drug-likeness (QED) is 0.703. The molecule has 8 heteroatoms. The third-order valence-corrected chi connectivity index (χ3v) is 3.77. The molecule has 2 aliphatic heterocycles. The summed E-state index contributed by atoms with van der Waals surface area (Å²) >= 11 is 0. The molecule has 0 bridgehead atoms. The summed E-state index contributed by atoms with van der Waals surface area (Å²) in [4.78, 5) is 45.9. The Morgan fingerprint density at radius 3 is 2.73 bits per heavy atom. The molecule has 0 spiro atoms. The van der Waals surface area contributed by atoms with E-state index in [0.29, 0.717) is 25.4 Å². The standard InChI is InChI=1S/C14H16N4O4/c19-12-1-2-13(20)18(12)9-14(21)17-6-3-10(8-17)22-11-7-15-4-5-16-11/h4-5,7,10H,1-3,6,8-9H2. The predicted molar refractivity (Wildman–Crippen MR) is 73.6 cm³/mol. The van der Waals surface area contributed by atoms with Gasteiger partial charge in [-0.3, -0.25) is 24.3 Å². The van der Waals surface area contributed by atoms with Gasteiger partial charge in [-0.15, -0.1) is 0 Å². The number of hydrogen-bond acceptors (Lipinski definition) is 6. The summed E-state index contributed by atoms with van der Waals surface area (Å²) in [5.74, 6) is -0.352. The van der Waals surface area contributed by atoms with Crippen molar-refractivity contribution < 1.29 is 19.1 Å². The zero-order valence-corrected chi connectivity index (χ0v) is 12.0. The van der Waals surface area contributed by atoms with Gasteiger partial charge >= 0.3 is 0 Å². The molecular weight excluding hydrogens is 288 g/mol. The maximum absolute atomic E-state index is 12.2.